The van der Waals surface area contributed by atoms with Crippen LogP contribution in [0.3, 0.4) is 0 Å². The Hall–Kier alpha value is -0.433. The lowest BCUT2D eigenvalue weighted by Gasteiger charge is -2.41. The van der Waals surface area contributed by atoms with Crippen LogP contribution in [0.5, 0.6) is 0 Å². The van der Waals surface area contributed by atoms with Gasteiger partial charge in [0, 0.05) is 19.6 Å². The standard InChI is InChI=1S/C30H60O5Si/c1-26(2)36(27(3)4,28(5)6)35-25-34-29(31)21-17-15-13-11-9-7-8-10-12-14-16-19-23-32-30-22-18-20-24-33-30/h26-28,30H,7-25H2,1-6H3. The van der Waals surface area contributed by atoms with Crippen LogP contribution in [0.4, 0.5) is 0 Å². The molecule has 0 aromatic carbocycles. The Morgan fingerprint density at radius 1 is 0.750 bits per heavy atom. The fourth-order valence-electron chi connectivity index (χ4n) is 5.97. The first-order valence-corrected chi connectivity index (χ1v) is 17.5. The Bertz CT molecular complexity index is 510. The van der Waals surface area contributed by atoms with E-state index in [0.717, 1.165) is 38.9 Å². The van der Waals surface area contributed by atoms with Crippen LogP contribution < -0.4 is 0 Å². The van der Waals surface area contributed by atoms with E-state index in [4.69, 9.17) is 18.6 Å². The van der Waals surface area contributed by atoms with Gasteiger partial charge < -0.3 is 18.6 Å². The predicted octanol–water partition coefficient (Wildman–Crippen LogP) is 9.29. The number of esters is 1. The topological polar surface area (TPSA) is 54.0 Å². The van der Waals surface area contributed by atoms with Crippen molar-refractivity contribution in [2.24, 2.45) is 0 Å². The summed E-state index contributed by atoms with van der Waals surface area (Å²) in [6.45, 7) is 15.4. The second-order valence-electron chi connectivity index (χ2n) is 11.8. The van der Waals surface area contributed by atoms with Gasteiger partial charge in [0.1, 0.15) is 0 Å². The number of carbonyl (C=O) groups excluding carboxylic acids is 1. The van der Waals surface area contributed by atoms with E-state index in [1.807, 2.05) is 0 Å². The summed E-state index contributed by atoms with van der Waals surface area (Å²) >= 11 is 0. The molecule has 0 aromatic heterocycles. The second kappa shape index (κ2) is 20.5. The van der Waals surface area contributed by atoms with Crippen LogP contribution in [0, 0.1) is 0 Å². The van der Waals surface area contributed by atoms with Gasteiger partial charge in [0.2, 0.25) is 8.32 Å². The fourth-order valence-corrected chi connectivity index (χ4v) is 11.2. The minimum atomic E-state index is -1.96. The van der Waals surface area contributed by atoms with Crippen LogP contribution >= 0.6 is 0 Å². The monoisotopic (exact) mass is 528 g/mol. The summed E-state index contributed by atoms with van der Waals surface area (Å²) in [5.74, 6) is -0.108. The SMILES string of the molecule is CC(C)[Si](OCOC(=O)CCCCCCCCCCCCCCOC1CCCCO1)(C(C)C)C(C)C. The van der Waals surface area contributed by atoms with Gasteiger partial charge in [-0.05, 0) is 48.7 Å². The van der Waals surface area contributed by atoms with Gasteiger partial charge in [-0.3, -0.25) is 4.79 Å². The molecular formula is C30H60O5Si. The van der Waals surface area contributed by atoms with E-state index < -0.39 is 8.32 Å². The molecule has 0 saturated carbocycles. The number of hydrogen-bond acceptors (Lipinski definition) is 5. The Morgan fingerprint density at radius 2 is 1.25 bits per heavy atom. The molecule has 0 spiro atoms. The molecule has 0 aromatic rings. The largest absolute Gasteiger partial charge is 0.439 e. The minimum absolute atomic E-state index is 0.0678. The molecule has 1 aliphatic rings. The summed E-state index contributed by atoms with van der Waals surface area (Å²) in [6.07, 6.45) is 19.1. The molecule has 1 atom stereocenters. The average Bonchev–Trinajstić information content (AvgIpc) is 2.84. The van der Waals surface area contributed by atoms with Crippen molar-refractivity contribution < 1.29 is 23.4 Å². The Labute approximate surface area is 224 Å². The van der Waals surface area contributed by atoms with Crippen LogP contribution in [0.25, 0.3) is 0 Å². The van der Waals surface area contributed by atoms with E-state index >= 15 is 0 Å². The van der Waals surface area contributed by atoms with Crippen molar-refractivity contribution >= 4 is 14.3 Å². The summed E-state index contributed by atoms with van der Waals surface area (Å²) in [4.78, 5) is 12.1. The van der Waals surface area contributed by atoms with Crippen molar-refractivity contribution in [2.45, 2.75) is 167 Å². The van der Waals surface area contributed by atoms with E-state index in [1.165, 1.54) is 70.6 Å². The maximum absolute atomic E-state index is 12.1. The van der Waals surface area contributed by atoms with Gasteiger partial charge in [-0.1, -0.05) is 106 Å². The van der Waals surface area contributed by atoms with Gasteiger partial charge >= 0.3 is 5.97 Å². The minimum Gasteiger partial charge on any atom is -0.439 e. The molecule has 36 heavy (non-hydrogen) atoms. The molecule has 1 heterocycles. The first-order chi connectivity index (χ1) is 17.3. The lowest BCUT2D eigenvalue weighted by Crippen LogP contribution is -2.48. The molecule has 0 radical (unpaired) electrons. The van der Waals surface area contributed by atoms with Gasteiger partial charge in [0.25, 0.3) is 0 Å². The van der Waals surface area contributed by atoms with Crippen LogP contribution in [0.2, 0.25) is 16.6 Å². The Balaban J connectivity index is 1.88. The smallest absolute Gasteiger partial charge is 0.307 e. The normalized spacial score (nSPS) is 16.9. The van der Waals surface area contributed by atoms with Crippen molar-refractivity contribution in [1.29, 1.82) is 0 Å². The van der Waals surface area contributed by atoms with E-state index in [2.05, 4.69) is 41.5 Å². The maximum atomic E-state index is 12.1. The summed E-state index contributed by atoms with van der Waals surface area (Å²) in [5.41, 5.74) is 1.51. The molecule has 0 N–H and O–H groups in total. The van der Waals surface area contributed by atoms with E-state index in [-0.39, 0.29) is 19.1 Å². The highest BCUT2D eigenvalue weighted by Gasteiger charge is 2.45. The molecule has 0 amide bonds. The third-order valence-corrected chi connectivity index (χ3v) is 14.0. The molecule has 0 aliphatic carbocycles. The van der Waals surface area contributed by atoms with Gasteiger partial charge in [0.15, 0.2) is 13.1 Å². The van der Waals surface area contributed by atoms with Crippen molar-refractivity contribution in [3.63, 3.8) is 0 Å². The average molecular weight is 529 g/mol. The third-order valence-electron chi connectivity index (χ3n) is 7.95. The van der Waals surface area contributed by atoms with Crippen LogP contribution in [-0.4, -0.2) is 40.6 Å². The number of rotatable bonds is 22. The summed E-state index contributed by atoms with van der Waals surface area (Å²) in [5, 5.41) is 0. The maximum Gasteiger partial charge on any atom is 0.307 e. The molecule has 1 rings (SSSR count). The Kier molecular flexibility index (Phi) is 19.1. The van der Waals surface area contributed by atoms with E-state index in [0.29, 0.717) is 23.0 Å². The highest BCUT2D eigenvalue weighted by atomic mass is 28.4. The van der Waals surface area contributed by atoms with Crippen molar-refractivity contribution in [1.82, 2.24) is 0 Å². The molecule has 0 bridgehead atoms. The number of carbonyl (C=O) groups is 1. The van der Waals surface area contributed by atoms with E-state index in [1.54, 1.807) is 0 Å². The summed E-state index contributed by atoms with van der Waals surface area (Å²) < 4.78 is 23.2. The lowest BCUT2D eigenvalue weighted by molar-refractivity contribution is -0.162. The van der Waals surface area contributed by atoms with Gasteiger partial charge in [-0.2, -0.15) is 0 Å². The second-order valence-corrected chi connectivity index (χ2v) is 17.2. The van der Waals surface area contributed by atoms with Crippen LogP contribution in [-0.2, 0) is 23.4 Å². The van der Waals surface area contributed by atoms with Crippen LogP contribution in [0.1, 0.15) is 144 Å². The highest BCUT2D eigenvalue weighted by Crippen LogP contribution is 2.42. The number of hydrogen-bond donors (Lipinski definition) is 0. The van der Waals surface area contributed by atoms with Crippen molar-refractivity contribution in [2.75, 3.05) is 20.0 Å². The summed E-state index contributed by atoms with van der Waals surface area (Å²) in [7, 11) is -1.96. The molecule has 214 valence electrons. The van der Waals surface area contributed by atoms with Crippen LogP contribution in [0.15, 0.2) is 0 Å². The third kappa shape index (κ3) is 13.9. The van der Waals surface area contributed by atoms with Gasteiger partial charge in [-0.15, -0.1) is 0 Å². The molecule has 1 saturated heterocycles. The Morgan fingerprint density at radius 3 is 1.72 bits per heavy atom. The molecular weight excluding hydrogens is 468 g/mol. The zero-order valence-corrected chi connectivity index (χ0v) is 25.8. The lowest BCUT2D eigenvalue weighted by atomic mass is 10.0. The van der Waals surface area contributed by atoms with Crippen molar-refractivity contribution in [3.8, 4) is 0 Å². The first-order valence-electron chi connectivity index (χ1n) is 15.3. The van der Waals surface area contributed by atoms with Gasteiger partial charge in [-0.25, -0.2) is 0 Å². The molecule has 1 unspecified atom stereocenters. The molecule has 5 nitrogen and oxygen atoms in total. The predicted molar refractivity (Wildman–Crippen MR) is 153 cm³/mol. The number of unbranched alkanes of at least 4 members (excludes halogenated alkanes) is 11. The zero-order chi connectivity index (χ0) is 26.7. The fraction of sp³-hybridized carbons (Fsp3) is 0.967. The highest BCUT2D eigenvalue weighted by molar-refractivity contribution is 6.77. The molecule has 1 aliphatic heterocycles. The molecule has 6 heteroatoms. The van der Waals surface area contributed by atoms with Crippen molar-refractivity contribution in [3.05, 3.63) is 0 Å². The number of ether oxygens (including phenoxy) is 3. The summed E-state index contributed by atoms with van der Waals surface area (Å²) in [6, 6.07) is 0. The first kappa shape index (κ1) is 33.6. The zero-order valence-electron chi connectivity index (χ0n) is 24.8. The van der Waals surface area contributed by atoms with E-state index in [9.17, 15) is 4.79 Å². The molecule has 1 fully saturated rings. The quantitative estimate of drug-likeness (QED) is 0.0606. The van der Waals surface area contributed by atoms with Gasteiger partial charge in [0.05, 0.1) is 0 Å².